The van der Waals surface area contributed by atoms with Crippen molar-refractivity contribution in [3.63, 3.8) is 0 Å². The fourth-order valence-corrected chi connectivity index (χ4v) is 5.00. The predicted molar refractivity (Wildman–Crippen MR) is 108 cm³/mol. The predicted octanol–water partition coefficient (Wildman–Crippen LogP) is 0.951. The van der Waals surface area contributed by atoms with Crippen LogP contribution in [0.3, 0.4) is 0 Å². The SMILES string of the molecule is CC1(C)CN2C(=O)[C@@H](NC(=O)[C@H](NC(=O)OCc3cn[nH]n3)c3ccccc3)[C@H]2S1. The highest BCUT2D eigenvalue weighted by atomic mass is 32.2. The first kappa shape index (κ1) is 20.2. The van der Waals surface area contributed by atoms with Crippen LogP contribution in [-0.2, 0) is 20.9 Å². The molecule has 2 fully saturated rings. The number of amides is 3. The van der Waals surface area contributed by atoms with Crippen LogP contribution in [0.5, 0.6) is 0 Å². The van der Waals surface area contributed by atoms with E-state index in [1.54, 1.807) is 40.9 Å². The molecule has 3 N–H and O–H groups in total. The molecule has 2 aliphatic rings. The molecule has 0 bridgehead atoms. The van der Waals surface area contributed by atoms with Crippen molar-refractivity contribution in [3.8, 4) is 0 Å². The van der Waals surface area contributed by atoms with Crippen LogP contribution in [0, 0.1) is 0 Å². The third kappa shape index (κ3) is 4.11. The van der Waals surface area contributed by atoms with Gasteiger partial charge >= 0.3 is 6.09 Å². The van der Waals surface area contributed by atoms with Gasteiger partial charge in [-0.25, -0.2) is 4.79 Å². The zero-order valence-corrected chi connectivity index (χ0v) is 17.3. The Hall–Kier alpha value is -3.08. The van der Waals surface area contributed by atoms with Gasteiger partial charge in [0.15, 0.2) is 0 Å². The minimum absolute atomic E-state index is 0.0538. The Balaban J connectivity index is 1.43. The Morgan fingerprint density at radius 1 is 1.37 bits per heavy atom. The quantitative estimate of drug-likeness (QED) is 0.582. The third-order valence-electron chi connectivity index (χ3n) is 4.90. The van der Waals surface area contributed by atoms with Crippen molar-refractivity contribution < 1.29 is 19.1 Å². The number of H-pyrrole nitrogens is 1. The molecule has 3 atom stereocenters. The highest BCUT2D eigenvalue weighted by Crippen LogP contribution is 2.46. The van der Waals surface area contributed by atoms with Gasteiger partial charge in [0.05, 0.1) is 6.20 Å². The van der Waals surface area contributed by atoms with Gasteiger partial charge in [0, 0.05) is 11.3 Å². The smallest absolute Gasteiger partial charge is 0.408 e. The van der Waals surface area contributed by atoms with E-state index >= 15 is 0 Å². The average Bonchev–Trinajstić information content (AvgIpc) is 3.35. The van der Waals surface area contributed by atoms with Crippen molar-refractivity contribution in [2.24, 2.45) is 0 Å². The lowest BCUT2D eigenvalue weighted by Gasteiger charge is -2.42. The first-order valence-electron chi connectivity index (χ1n) is 9.46. The Kier molecular flexibility index (Phi) is 5.37. The van der Waals surface area contributed by atoms with E-state index in [-0.39, 0.29) is 22.6 Å². The van der Waals surface area contributed by atoms with E-state index in [2.05, 4.69) is 39.9 Å². The minimum atomic E-state index is -1.00. The van der Waals surface area contributed by atoms with Gasteiger partial charge in [-0.2, -0.15) is 15.4 Å². The maximum Gasteiger partial charge on any atom is 0.408 e. The van der Waals surface area contributed by atoms with Gasteiger partial charge in [0.2, 0.25) is 11.8 Å². The highest BCUT2D eigenvalue weighted by molar-refractivity contribution is 8.01. The topological polar surface area (TPSA) is 129 Å². The summed E-state index contributed by atoms with van der Waals surface area (Å²) in [6.45, 7) is 4.71. The van der Waals surface area contributed by atoms with Crippen LogP contribution in [-0.4, -0.2) is 60.9 Å². The van der Waals surface area contributed by atoms with E-state index in [0.717, 1.165) is 0 Å². The van der Waals surface area contributed by atoms with E-state index < -0.39 is 24.1 Å². The number of hydrogen-bond acceptors (Lipinski definition) is 7. The summed E-state index contributed by atoms with van der Waals surface area (Å²) < 4.78 is 5.07. The number of nitrogens with one attached hydrogen (secondary N) is 3. The first-order chi connectivity index (χ1) is 14.3. The highest BCUT2D eigenvalue weighted by Gasteiger charge is 2.56. The maximum absolute atomic E-state index is 13.0. The molecule has 10 nitrogen and oxygen atoms in total. The molecule has 0 spiro atoms. The molecule has 2 saturated heterocycles. The standard InChI is InChI=1S/C19H22N6O4S/c1-19(2)10-25-16(27)14(17(25)30-19)21-15(26)13(11-6-4-3-5-7-11)22-18(28)29-9-12-8-20-24-23-12/h3-8,13-14,17H,9-10H2,1-2H3,(H,21,26)(H,22,28)(H,20,23,24)/t13-,14-,17-/m1/s1. The molecule has 0 saturated carbocycles. The summed E-state index contributed by atoms with van der Waals surface area (Å²) in [4.78, 5) is 39.5. The second-order valence-corrected chi connectivity index (χ2v) is 9.57. The van der Waals surface area contributed by atoms with Crippen molar-refractivity contribution >= 4 is 29.7 Å². The fourth-order valence-electron chi connectivity index (χ4n) is 3.51. The largest absolute Gasteiger partial charge is 0.443 e. The zero-order valence-electron chi connectivity index (χ0n) is 16.5. The lowest BCUT2D eigenvalue weighted by Crippen LogP contribution is -2.68. The molecular weight excluding hydrogens is 408 g/mol. The van der Waals surface area contributed by atoms with Crippen LogP contribution in [0.1, 0.15) is 31.1 Å². The van der Waals surface area contributed by atoms with Crippen LogP contribution in [0.15, 0.2) is 36.5 Å². The number of aromatic amines is 1. The Morgan fingerprint density at radius 2 is 2.13 bits per heavy atom. The number of hydrogen-bond donors (Lipinski definition) is 3. The maximum atomic E-state index is 13.0. The minimum Gasteiger partial charge on any atom is -0.443 e. The number of alkyl carbamates (subject to hydrolysis) is 1. The summed E-state index contributed by atoms with van der Waals surface area (Å²) in [6, 6.07) is 7.19. The summed E-state index contributed by atoms with van der Waals surface area (Å²) in [5.41, 5.74) is 1.03. The monoisotopic (exact) mass is 430 g/mol. The molecule has 1 aromatic carbocycles. The summed E-state index contributed by atoms with van der Waals surface area (Å²) in [5.74, 6) is -0.574. The van der Waals surface area contributed by atoms with Crippen molar-refractivity contribution in [2.45, 2.75) is 42.7 Å². The van der Waals surface area contributed by atoms with E-state index in [9.17, 15) is 14.4 Å². The van der Waals surface area contributed by atoms with Crippen molar-refractivity contribution in [3.05, 3.63) is 47.8 Å². The second-order valence-electron chi connectivity index (χ2n) is 7.75. The zero-order chi connectivity index (χ0) is 21.3. The fraction of sp³-hybridized carbons (Fsp3) is 0.421. The first-order valence-corrected chi connectivity index (χ1v) is 10.3. The van der Waals surface area contributed by atoms with Crippen LogP contribution in [0.2, 0.25) is 0 Å². The van der Waals surface area contributed by atoms with E-state index in [1.807, 2.05) is 6.07 Å². The van der Waals surface area contributed by atoms with Crippen LogP contribution < -0.4 is 10.6 Å². The van der Waals surface area contributed by atoms with Gasteiger partial charge in [0.1, 0.15) is 29.8 Å². The number of fused-ring (bicyclic) bond motifs is 1. The van der Waals surface area contributed by atoms with Gasteiger partial charge in [-0.3, -0.25) is 9.59 Å². The third-order valence-corrected chi connectivity index (χ3v) is 6.44. The van der Waals surface area contributed by atoms with Gasteiger partial charge in [0.25, 0.3) is 0 Å². The number of aromatic nitrogens is 3. The Bertz CT molecular complexity index is 936. The molecule has 3 amide bonds. The second kappa shape index (κ2) is 7.98. The lowest BCUT2D eigenvalue weighted by molar-refractivity contribution is -0.148. The summed E-state index contributed by atoms with van der Waals surface area (Å²) in [7, 11) is 0. The van der Waals surface area contributed by atoms with E-state index in [4.69, 9.17) is 4.74 Å². The average molecular weight is 430 g/mol. The lowest BCUT2D eigenvalue weighted by atomic mass is 10.0. The molecule has 0 unspecified atom stereocenters. The molecule has 4 rings (SSSR count). The van der Waals surface area contributed by atoms with Crippen molar-refractivity contribution in [1.29, 1.82) is 0 Å². The van der Waals surface area contributed by atoms with E-state index in [1.165, 1.54) is 6.20 Å². The molecule has 30 heavy (non-hydrogen) atoms. The molecule has 0 aliphatic carbocycles. The number of carbonyl (C=O) groups is 3. The molecule has 2 aliphatic heterocycles. The molecule has 3 heterocycles. The van der Waals surface area contributed by atoms with Crippen molar-refractivity contribution in [2.75, 3.05) is 6.54 Å². The molecule has 2 aromatic rings. The number of β-lactam (4-membered cyclic amide) rings is 1. The molecule has 0 radical (unpaired) electrons. The molecule has 1 aromatic heterocycles. The van der Waals surface area contributed by atoms with Crippen LogP contribution in [0.25, 0.3) is 0 Å². The Morgan fingerprint density at radius 3 is 2.83 bits per heavy atom. The summed E-state index contributed by atoms with van der Waals surface area (Å²) in [5, 5.41) is 15.2. The van der Waals surface area contributed by atoms with Gasteiger partial charge in [-0.1, -0.05) is 30.3 Å². The van der Waals surface area contributed by atoms with Crippen molar-refractivity contribution in [1.82, 2.24) is 30.9 Å². The van der Waals surface area contributed by atoms with E-state index in [0.29, 0.717) is 17.8 Å². The summed E-state index contributed by atoms with van der Waals surface area (Å²) >= 11 is 1.66. The molecule has 11 heteroatoms. The van der Waals surface area contributed by atoms with Gasteiger partial charge in [-0.15, -0.1) is 11.8 Å². The number of nitrogens with zero attached hydrogens (tertiary/aromatic N) is 3. The number of benzene rings is 1. The number of thioether (sulfide) groups is 1. The number of carbonyl (C=O) groups excluding carboxylic acids is 3. The molecule has 158 valence electrons. The van der Waals surface area contributed by atoms with Gasteiger partial charge < -0.3 is 20.3 Å². The normalized spacial score (nSPS) is 22.6. The van der Waals surface area contributed by atoms with Crippen LogP contribution >= 0.6 is 11.8 Å². The van der Waals surface area contributed by atoms with Crippen LogP contribution in [0.4, 0.5) is 4.79 Å². The summed E-state index contributed by atoms with van der Waals surface area (Å²) in [6.07, 6.45) is 0.656. The number of rotatable bonds is 6. The number of ether oxygens (including phenoxy) is 1. The molecular formula is C19H22N6O4S. The van der Waals surface area contributed by atoms with Gasteiger partial charge in [-0.05, 0) is 19.4 Å². The Labute approximate surface area is 177 Å².